The van der Waals surface area contributed by atoms with E-state index in [0.29, 0.717) is 55.4 Å². The molecule has 1 aromatic carbocycles. The third kappa shape index (κ3) is 6.60. The number of nitrogens with two attached hydrogens (primary N) is 2. The highest BCUT2D eigenvalue weighted by Crippen LogP contribution is 2.41. The molecule has 2 aliphatic heterocycles. The molecule has 1 unspecified atom stereocenters. The van der Waals surface area contributed by atoms with E-state index in [1.54, 1.807) is 30.3 Å². The van der Waals surface area contributed by atoms with Gasteiger partial charge in [-0.1, -0.05) is 40.3 Å². The molecule has 2 atom stereocenters. The Bertz CT molecular complexity index is 1390. The number of nitrogen functional groups attached to an aromatic ring is 2. The highest BCUT2D eigenvalue weighted by Gasteiger charge is 2.53. The van der Waals surface area contributed by atoms with E-state index in [-0.39, 0.29) is 17.4 Å². The first-order chi connectivity index (χ1) is 18.6. The van der Waals surface area contributed by atoms with Crippen LogP contribution >= 0.6 is 58.5 Å². The van der Waals surface area contributed by atoms with Crippen molar-refractivity contribution in [2.45, 2.75) is 34.9 Å². The number of benzene rings is 1. The molecule has 2 aromatic rings. The molecule has 0 bridgehead atoms. The molecule has 39 heavy (non-hydrogen) atoms. The van der Waals surface area contributed by atoms with Gasteiger partial charge in [-0.25, -0.2) is 9.36 Å². The van der Waals surface area contributed by atoms with Gasteiger partial charge in [-0.15, -0.1) is 23.5 Å². The number of aromatic nitrogens is 2. The van der Waals surface area contributed by atoms with Crippen molar-refractivity contribution in [3.8, 4) is 0 Å². The van der Waals surface area contributed by atoms with Gasteiger partial charge in [0.2, 0.25) is 17.5 Å². The van der Waals surface area contributed by atoms with Gasteiger partial charge in [0, 0.05) is 21.4 Å². The number of allylic oxidation sites excluding steroid dienone is 1. The van der Waals surface area contributed by atoms with Crippen LogP contribution in [0.3, 0.4) is 0 Å². The minimum Gasteiger partial charge on any atom is -0.477 e. The van der Waals surface area contributed by atoms with Crippen molar-refractivity contribution < 1.29 is 24.1 Å². The van der Waals surface area contributed by atoms with Crippen LogP contribution < -0.4 is 21.4 Å². The van der Waals surface area contributed by atoms with Gasteiger partial charge < -0.3 is 21.9 Å². The number of nitrogens with zero attached hydrogens (tertiary/aromatic N) is 3. The summed E-state index contributed by atoms with van der Waals surface area (Å²) < 4.78 is 1.83. The maximum Gasteiger partial charge on any atom is 0.352 e. The summed E-state index contributed by atoms with van der Waals surface area (Å²) in [6.07, 6.45) is 3.52. The van der Waals surface area contributed by atoms with E-state index < -0.39 is 23.3 Å². The van der Waals surface area contributed by atoms with E-state index in [2.05, 4.69) is 10.3 Å². The van der Waals surface area contributed by atoms with Crippen LogP contribution in [0.4, 0.5) is 11.6 Å². The number of β-lactam (4-membered cyclic amide) rings is 1. The lowest BCUT2D eigenvalue weighted by atomic mass is 10.0. The Morgan fingerprint density at radius 1 is 1.31 bits per heavy atom. The summed E-state index contributed by atoms with van der Waals surface area (Å²) in [5.41, 5.74) is 12.3. The number of amides is 2. The molecular weight excluding hydrogens is 603 g/mol. The summed E-state index contributed by atoms with van der Waals surface area (Å²) in [5.74, 6) is -0.321. The summed E-state index contributed by atoms with van der Waals surface area (Å²) in [5, 5.41) is 13.7. The molecule has 1 aromatic heterocycles. The molecule has 6 N–H and O–H groups in total. The predicted octanol–water partition coefficient (Wildman–Crippen LogP) is 3.04. The second-order valence-electron chi connectivity index (χ2n) is 8.34. The number of aliphatic carboxylic acids is 1. The summed E-state index contributed by atoms with van der Waals surface area (Å²) in [4.78, 5) is 43.8. The number of fused-ring (bicyclic) bond motifs is 1. The lowest BCUT2D eigenvalue weighted by Gasteiger charge is -2.49. The van der Waals surface area contributed by atoms with Crippen molar-refractivity contribution in [2.75, 3.05) is 28.7 Å². The third-order valence-corrected chi connectivity index (χ3v) is 9.74. The van der Waals surface area contributed by atoms with Crippen molar-refractivity contribution in [1.82, 2.24) is 15.2 Å². The molecule has 10 nitrogen and oxygen atoms in total. The zero-order valence-electron chi connectivity index (χ0n) is 20.6. The fourth-order valence-corrected chi connectivity index (χ4v) is 7.53. The average Bonchev–Trinajstić information content (AvgIpc) is 2.89. The second-order valence-corrected chi connectivity index (χ2v) is 12.3. The predicted molar refractivity (Wildman–Crippen MR) is 156 cm³/mol. The Hall–Kier alpha value is -2.58. The first kappa shape index (κ1) is 29.4. The van der Waals surface area contributed by atoms with Gasteiger partial charge in [0.25, 0.3) is 5.91 Å². The third-order valence-electron chi connectivity index (χ3n) is 5.78. The monoisotopic (exact) mass is 627 g/mol. The van der Waals surface area contributed by atoms with Gasteiger partial charge in [-0.2, -0.15) is 0 Å². The van der Waals surface area contributed by atoms with Crippen molar-refractivity contribution in [1.29, 1.82) is 0 Å². The van der Waals surface area contributed by atoms with E-state index in [9.17, 15) is 19.5 Å². The Labute approximate surface area is 247 Å². The van der Waals surface area contributed by atoms with Gasteiger partial charge in [-0.05, 0) is 42.5 Å². The van der Waals surface area contributed by atoms with Crippen molar-refractivity contribution in [3.63, 3.8) is 0 Å². The largest absolute Gasteiger partial charge is 0.477 e. The maximum atomic E-state index is 12.9. The molecule has 2 amide bonds. The average molecular weight is 629 g/mol. The van der Waals surface area contributed by atoms with Crippen LogP contribution in [-0.4, -0.2) is 61.4 Å². The highest BCUT2D eigenvalue weighted by atomic mass is 35.5. The van der Waals surface area contributed by atoms with Gasteiger partial charge in [0.15, 0.2) is 0 Å². The number of halogens is 2. The first-order valence-electron chi connectivity index (χ1n) is 11.6. The lowest BCUT2D eigenvalue weighted by Crippen LogP contribution is -2.70. The van der Waals surface area contributed by atoms with Gasteiger partial charge in [0.05, 0.1) is 23.4 Å². The second kappa shape index (κ2) is 12.7. The Balaban J connectivity index is 1.38. The number of thioether (sulfide) groups is 3. The molecule has 1 saturated heterocycles. The number of hydrogen-bond acceptors (Lipinski definition) is 9. The molecule has 206 valence electrons. The van der Waals surface area contributed by atoms with Crippen LogP contribution in [0.1, 0.15) is 6.92 Å². The minimum atomic E-state index is -1.20. The number of rotatable bonds is 10. The summed E-state index contributed by atoms with van der Waals surface area (Å²) >= 11 is 16.1. The van der Waals surface area contributed by atoms with E-state index in [4.69, 9.17) is 34.7 Å². The van der Waals surface area contributed by atoms with E-state index in [1.165, 1.54) is 40.2 Å². The lowest BCUT2D eigenvalue weighted by molar-refractivity contribution is -0.719. The molecule has 0 aliphatic carbocycles. The van der Waals surface area contributed by atoms with Crippen LogP contribution in [0.2, 0.25) is 10.0 Å². The zero-order valence-corrected chi connectivity index (χ0v) is 24.6. The Morgan fingerprint density at radius 3 is 2.79 bits per heavy atom. The molecule has 0 radical (unpaired) electrons. The molecular formula is C24H25Cl2N6O4S3+. The fourth-order valence-electron chi connectivity index (χ4n) is 4.00. The number of carbonyl (C=O) groups excluding carboxylic acids is 2. The highest BCUT2D eigenvalue weighted by molar-refractivity contribution is 8.00. The van der Waals surface area contributed by atoms with Gasteiger partial charge in [-0.3, -0.25) is 14.5 Å². The van der Waals surface area contributed by atoms with Crippen molar-refractivity contribution in [3.05, 3.63) is 57.7 Å². The number of hydrogen-bond donors (Lipinski definition) is 4. The van der Waals surface area contributed by atoms with E-state index in [1.807, 2.05) is 17.6 Å². The van der Waals surface area contributed by atoms with Crippen molar-refractivity contribution in [2.24, 2.45) is 0 Å². The Morgan fingerprint density at radius 2 is 2.08 bits per heavy atom. The number of anilines is 2. The SMILES string of the molecule is CC[n+]1c(N)cc(N)nc1SC/C=C/C1=C(C(=O)O)N2C(=O)[C@@H](NC(=O)CSc3cc(Cl)ccc3Cl)C2SC1. The van der Waals surface area contributed by atoms with Gasteiger partial charge in [0.1, 0.15) is 17.1 Å². The van der Waals surface area contributed by atoms with Crippen LogP contribution in [0.15, 0.2) is 57.7 Å². The fraction of sp³-hybridized carbons (Fsp3) is 0.292. The number of nitrogens with one attached hydrogen (secondary N) is 1. The maximum absolute atomic E-state index is 12.9. The number of carbonyl (C=O) groups is 3. The topological polar surface area (TPSA) is 156 Å². The standard InChI is InChI=1S/C24H24Cl2N6O4S3/c1-2-31-17(28)9-16(27)29-24(31)37-7-3-4-12-10-39-22-19(21(34)32(22)20(12)23(35)36)30-18(33)11-38-15-8-13(25)5-6-14(15)26/h3-6,8-9,19,22H,2,7,10-11H2,1H3,(H5,27,28,30,33,35,36)/p+1/b4-3+/t19-,22?/m1/s1. The summed E-state index contributed by atoms with van der Waals surface area (Å²) in [6.45, 7) is 2.57. The summed E-state index contributed by atoms with van der Waals surface area (Å²) in [7, 11) is 0. The zero-order chi connectivity index (χ0) is 28.3. The number of carboxylic acid groups (broad SMARTS) is 1. The molecule has 0 spiro atoms. The molecule has 0 saturated carbocycles. The first-order valence-corrected chi connectivity index (χ1v) is 15.4. The minimum absolute atomic E-state index is 0.0279. The smallest absolute Gasteiger partial charge is 0.352 e. The normalized spacial score (nSPS) is 18.7. The number of carboxylic acids is 1. The van der Waals surface area contributed by atoms with Crippen molar-refractivity contribution >= 4 is 87.9 Å². The van der Waals surface area contributed by atoms with Crippen LogP contribution in [-0.2, 0) is 20.9 Å². The quantitative estimate of drug-likeness (QED) is 0.134. The van der Waals surface area contributed by atoms with Crippen LogP contribution in [0.25, 0.3) is 0 Å². The molecule has 15 heteroatoms. The van der Waals surface area contributed by atoms with Gasteiger partial charge >= 0.3 is 11.1 Å². The van der Waals surface area contributed by atoms with E-state index >= 15 is 0 Å². The molecule has 4 rings (SSSR count). The van der Waals surface area contributed by atoms with Crippen LogP contribution in [0, 0.1) is 0 Å². The van der Waals surface area contributed by atoms with E-state index in [0.717, 1.165) is 0 Å². The molecule has 2 aliphatic rings. The molecule has 3 heterocycles. The summed E-state index contributed by atoms with van der Waals surface area (Å²) in [6, 6.07) is 5.75. The Kier molecular flexibility index (Phi) is 9.60. The van der Waals surface area contributed by atoms with Crippen LogP contribution in [0.5, 0.6) is 0 Å². The molecule has 1 fully saturated rings.